The molecule has 0 aliphatic heterocycles. The third-order valence-corrected chi connectivity index (χ3v) is 2.71. The van der Waals surface area contributed by atoms with Gasteiger partial charge in [0.05, 0.1) is 52.9 Å². The van der Waals surface area contributed by atoms with Crippen LogP contribution in [0.25, 0.3) is 0 Å². The van der Waals surface area contributed by atoms with Gasteiger partial charge in [-0.1, -0.05) is 0 Å². The Morgan fingerprint density at radius 2 is 1.25 bits per heavy atom. The number of nitrogens with one attached hydrogen (secondary N) is 2. The van der Waals surface area contributed by atoms with Gasteiger partial charge in [0.25, 0.3) is 0 Å². The number of carbonyl (C=O) groups excluding carboxylic acids is 2. The van der Waals surface area contributed by atoms with E-state index in [-0.39, 0.29) is 18.4 Å². The van der Waals surface area contributed by atoms with Crippen molar-refractivity contribution in [3.8, 4) is 0 Å². The smallest absolute Gasteiger partial charge is 0.246 e. The van der Waals surface area contributed by atoms with Crippen LogP contribution in [0.5, 0.6) is 0 Å². The topological polar surface area (TPSA) is 104 Å². The minimum atomic E-state index is -0.160. The number of hydrogen-bond donors (Lipinski definition) is 2. The first-order chi connectivity index (χ1) is 11.7. The van der Waals surface area contributed by atoms with Crippen LogP contribution in [0.2, 0.25) is 0 Å². The Morgan fingerprint density at radius 3 is 1.75 bits per heavy atom. The highest BCUT2D eigenvalue weighted by molar-refractivity contribution is 5.77. The van der Waals surface area contributed by atoms with E-state index in [0.29, 0.717) is 65.8 Å². The van der Waals surface area contributed by atoms with Crippen LogP contribution in [0.4, 0.5) is 0 Å². The molecule has 0 unspecified atom stereocenters. The Bertz CT molecular complexity index is 316. The van der Waals surface area contributed by atoms with Crippen molar-refractivity contribution in [1.82, 2.24) is 10.6 Å². The first-order valence-electron chi connectivity index (χ1n) is 7.98. The molecule has 0 aromatic heterocycles. The maximum absolute atomic E-state index is 11.0. The molecule has 0 spiro atoms. The monoisotopic (exact) mass is 350 g/mol. The van der Waals surface area contributed by atoms with Crippen LogP contribution in [0.15, 0.2) is 0 Å². The van der Waals surface area contributed by atoms with Crippen LogP contribution < -0.4 is 10.6 Å². The van der Waals surface area contributed by atoms with E-state index in [1.54, 1.807) is 7.05 Å². The van der Waals surface area contributed by atoms with Gasteiger partial charge in [-0.15, -0.1) is 0 Å². The van der Waals surface area contributed by atoms with E-state index < -0.39 is 0 Å². The second kappa shape index (κ2) is 18.1. The molecule has 0 rings (SSSR count). The van der Waals surface area contributed by atoms with Crippen molar-refractivity contribution in [3.63, 3.8) is 0 Å². The summed E-state index contributed by atoms with van der Waals surface area (Å²) in [5.74, 6) is -0.198. The second-order valence-electron chi connectivity index (χ2n) is 4.66. The van der Waals surface area contributed by atoms with Crippen LogP contribution in [-0.2, 0) is 33.3 Å². The molecular formula is C15H30N2O7. The van der Waals surface area contributed by atoms with Gasteiger partial charge in [0.15, 0.2) is 0 Å². The number of rotatable bonds is 17. The molecule has 0 aliphatic rings. The van der Waals surface area contributed by atoms with Gasteiger partial charge in [-0.25, -0.2) is 0 Å². The van der Waals surface area contributed by atoms with Gasteiger partial charge in [-0.05, 0) is 0 Å². The average Bonchev–Trinajstić information content (AvgIpc) is 2.58. The molecule has 2 N–H and O–H groups in total. The predicted molar refractivity (Wildman–Crippen MR) is 86.8 cm³/mol. The fraction of sp³-hybridized carbons (Fsp3) is 0.867. The maximum Gasteiger partial charge on any atom is 0.246 e. The molecule has 0 aromatic carbocycles. The molecule has 24 heavy (non-hydrogen) atoms. The van der Waals surface area contributed by atoms with Gasteiger partial charge in [0.2, 0.25) is 11.8 Å². The van der Waals surface area contributed by atoms with Crippen LogP contribution in [-0.4, -0.2) is 92.0 Å². The lowest BCUT2D eigenvalue weighted by atomic mass is 10.4. The highest BCUT2D eigenvalue weighted by Gasteiger charge is 1.98. The fourth-order valence-electron chi connectivity index (χ4n) is 1.50. The zero-order valence-electron chi connectivity index (χ0n) is 14.6. The molecule has 0 heterocycles. The van der Waals surface area contributed by atoms with Crippen LogP contribution in [0.1, 0.15) is 6.42 Å². The van der Waals surface area contributed by atoms with Gasteiger partial charge < -0.3 is 34.3 Å². The third-order valence-electron chi connectivity index (χ3n) is 2.71. The third kappa shape index (κ3) is 17.1. The minimum Gasteiger partial charge on any atom is -0.379 e. The lowest BCUT2D eigenvalue weighted by Gasteiger charge is -2.08. The largest absolute Gasteiger partial charge is 0.379 e. The molecular weight excluding hydrogens is 320 g/mol. The van der Waals surface area contributed by atoms with Crippen molar-refractivity contribution in [2.45, 2.75) is 6.42 Å². The molecule has 0 atom stereocenters. The fourth-order valence-corrected chi connectivity index (χ4v) is 1.50. The molecule has 0 aromatic rings. The Labute approximate surface area is 143 Å². The molecule has 0 saturated carbocycles. The highest BCUT2D eigenvalue weighted by atomic mass is 16.6. The normalized spacial score (nSPS) is 10.6. The van der Waals surface area contributed by atoms with Crippen LogP contribution >= 0.6 is 0 Å². The lowest BCUT2D eigenvalue weighted by molar-refractivity contribution is -0.125. The SMILES string of the molecule is CNC(=O)CCOCCOCCOCCOCCNC(=O)COC. The Balaban J connectivity index is 3.07. The number of hydrogen-bond acceptors (Lipinski definition) is 7. The Hall–Kier alpha value is -1.26. The second-order valence-corrected chi connectivity index (χ2v) is 4.66. The van der Waals surface area contributed by atoms with Crippen molar-refractivity contribution < 1.29 is 33.3 Å². The molecule has 2 amide bonds. The Kier molecular flexibility index (Phi) is 17.1. The number of methoxy groups -OCH3 is 1. The quantitative estimate of drug-likeness (QED) is 0.323. The van der Waals surface area contributed by atoms with E-state index in [0.717, 1.165) is 0 Å². The van der Waals surface area contributed by atoms with Crippen molar-refractivity contribution >= 4 is 11.8 Å². The predicted octanol–water partition coefficient (Wildman–Crippen LogP) is -1.05. The maximum atomic E-state index is 11.0. The van der Waals surface area contributed by atoms with E-state index >= 15 is 0 Å². The molecule has 9 nitrogen and oxygen atoms in total. The van der Waals surface area contributed by atoms with E-state index in [1.807, 2.05) is 0 Å². The number of amides is 2. The summed E-state index contributed by atoms with van der Waals surface area (Å²) in [5, 5.41) is 5.17. The summed E-state index contributed by atoms with van der Waals surface area (Å²) in [6, 6.07) is 0. The molecule has 0 saturated heterocycles. The summed E-state index contributed by atoms with van der Waals surface area (Å²) in [6.45, 7) is 4.14. The zero-order valence-corrected chi connectivity index (χ0v) is 14.6. The summed E-state index contributed by atoms with van der Waals surface area (Å²) in [4.78, 5) is 22.0. The van der Waals surface area contributed by atoms with Crippen molar-refractivity contribution in [2.24, 2.45) is 0 Å². The van der Waals surface area contributed by atoms with Gasteiger partial charge in [0, 0.05) is 27.1 Å². The summed E-state index contributed by atoms with van der Waals surface area (Å²) in [6.07, 6.45) is 0.357. The lowest BCUT2D eigenvalue weighted by Crippen LogP contribution is -2.30. The first-order valence-corrected chi connectivity index (χ1v) is 7.98. The molecule has 0 aliphatic carbocycles. The minimum absolute atomic E-state index is 0.0381. The van der Waals surface area contributed by atoms with Crippen molar-refractivity contribution in [3.05, 3.63) is 0 Å². The number of ether oxygens (including phenoxy) is 5. The van der Waals surface area contributed by atoms with E-state index in [9.17, 15) is 9.59 Å². The van der Waals surface area contributed by atoms with E-state index in [2.05, 4.69) is 15.4 Å². The zero-order chi connectivity index (χ0) is 17.9. The highest BCUT2D eigenvalue weighted by Crippen LogP contribution is 1.85. The van der Waals surface area contributed by atoms with Crippen molar-refractivity contribution in [1.29, 1.82) is 0 Å². The average molecular weight is 350 g/mol. The number of carbonyl (C=O) groups is 2. The molecule has 0 fully saturated rings. The van der Waals surface area contributed by atoms with Gasteiger partial charge in [-0.2, -0.15) is 0 Å². The van der Waals surface area contributed by atoms with Gasteiger partial charge in [0.1, 0.15) is 6.61 Å². The van der Waals surface area contributed by atoms with Gasteiger partial charge in [-0.3, -0.25) is 9.59 Å². The molecule has 142 valence electrons. The summed E-state index contributed by atoms with van der Waals surface area (Å²) < 4.78 is 25.8. The standard InChI is InChI=1S/C15H30N2O7/c1-16-14(18)3-5-21-7-9-23-11-12-24-10-8-22-6-4-17-15(19)13-20-2/h3-13H2,1-2H3,(H,16,18)(H,17,19). The van der Waals surface area contributed by atoms with Crippen LogP contribution in [0.3, 0.4) is 0 Å². The summed E-state index contributed by atoms with van der Waals surface area (Å²) in [7, 11) is 3.06. The Morgan fingerprint density at radius 1 is 0.750 bits per heavy atom. The molecule has 0 radical (unpaired) electrons. The van der Waals surface area contributed by atoms with E-state index in [4.69, 9.17) is 18.9 Å². The molecule has 0 bridgehead atoms. The van der Waals surface area contributed by atoms with E-state index in [1.165, 1.54) is 7.11 Å². The van der Waals surface area contributed by atoms with Gasteiger partial charge >= 0.3 is 0 Å². The summed E-state index contributed by atoms with van der Waals surface area (Å²) >= 11 is 0. The van der Waals surface area contributed by atoms with Crippen molar-refractivity contribution in [2.75, 3.05) is 80.2 Å². The first kappa shape index (κ1) is 22.7. The van der Waals surface area contributed by atoms with Crippen LogP contribution in [0, 0.1) is 0 Å². The molecule has 9 heteroatoms. The summed E-state index contributed by atoms with van der Waals surface area (Å²) in [5.41, 5.74) is 0.